The molecule has 9 nitrogen and oxygen atoms in total. The van der Waals surface area contributed by atoms with Gasteiger partial charge in [-0.25, -0.2) is 4.79 Å². The van der Waals surface area contributed by atoms with E-state index in [9.17, 15) is 14.4 Å². The number of rotatable bonds is 15. The molecule has 22 heavy (non-hydrogen) atoms. The second-order valence-electron chi connectivity index (χ2n) is 4.01. The zero-order valence-corrected chi connectivity index (χ0v) is 12.3. The van der Waals surface area contributed by atoms with Gasteiger partial charge in [0.25, 0.3) is 0 Å². The summed E-state index contributed by atoms with van der Waals surface area (Å²) in [5, 5.41) is 16.8. The number of ketones is 1. The van der Waals surface area contributed by atoms with E-state index < -0.39 is 17.7 Å². The Hall–Kier alpha value is -1.55. The third-order valence-electron chi connectivity index (χ3n) is 2.27. The number of ether oxygens (including phenoxy) is 4. The molecule has 0 atom stereocenters. The zero-order chi connectivity index (χ0) is 16.6. The van der Waals surface area contributed by atoms with Gasteiger partial charge in [-0.05, 0) is 0 Å². The minimum Gasteiger partial charge on any atom is -0.476 e. The van der Waals surface area contributed by atoms with E-state index in [1.165, 1.54) is 0 Å². The van der Waals surface area contributed by atoms with Crippen molar-refractivity contribution in [3.8, 4) is 0 Å². The minimum atomic E-state index is -1.56. The maximum Gasteiger partial charge on any atom is 0.372 e. The van der Waals surface area contributed by atoms with Crippen LogP contribution in [-0.2, 0) is 33.3 Å². The van der Waals surface area contributed by atoms with Crippen LogP contribution in [0.1, 0.15) is 12.8 Å². The van der Waals surface area contributed by atoms with Crippen LogP contribution < -0.4 is 0 Å². The van der Waals surface area contributed by atoms with Crippen LogP contribution in [-0.4, -0.2) is 80.8 Å². The van der Waals surface area contributed by atoms with E-state index in [2.05, 4.69) is 0 Å². The fourth-order valence-corrected chi connectivity index (χ4v) is 1.22. The van der Waals surface area contributed by atoms with Crippen LogP contribution in [0, 0.1) is 0 Å². The molecule has 0 aliphatic rings. The highest BCUT2D eigenvalue weighted by molar-refractivity contribution is 6.32. The molecule has 9 heteroatoms. The van der Waals surface area contributed by atoms with Crippen LogP contribution in [0.15, 0.2) is 0 Å². The van der Waals surface area contributed by atoms with Crippen molar-refractivity contribution in [2.75, 3.05) is 52.9 Å². The summed E-state index contributed by atoms with van der Waals surface area (Å²) >= 11 is 0. The molecule has 0 radical (unpaired) electrons. The van der Waals surface area contributed by atoms with Gasteiger partial charge in [0.05, 0.1) is 52.7 Å². The van der Waals surface area contributed by atoms with E-state index in [4.69, 9.17) is 29.2 Å². The van der Waals surface area contributed by atoms with E-state index in [0.717, 1.165) is 0 Å². The highest BCUT2D eigenvalue weighted by Crippen LogP contribution is 1.95. The summed E-state index contributed by atoms with van der Waals surface area (Å²) in [5.41, 5.74) is 0. The van der Waals surface area contributed by atoms with E-state index in [-0.39, 0.29) is 39.3 Å². The van der Waals surface area contributed by atoms with Gasteiger partial charge in [0.2, 0.25) is 5.78 Å². The van der Waals surface area contributed by atoms with Crippen LogP contribution in [0.25, 0.3) is 0 Å². The Labute approximate surface area is 128 Å². The van der Waals surface area contributed by atoms with Gasteiger partial charge in [0, 0.05) is 6.42 Å². The lowest BCUT2D eigenvalue weighted by Crippen LogP contribution is -2.17. The largest absolute Gasteiger partial charge is 0.476 e. The van der Waals surface area contributed by atoms with Crippen molar-refractivity contribution in [1.82, 2.24) is 0 Å². The molecule has 0 aromatic carbocycles. The summed E-state index contributed by atoms with van der Waals surface area (Å²) < 4.78 is 20.0. The summed E-state index contributed by atoms with van der Waals surface area (Å²) in [5.74, 6) is -3.22. The summed E-state index contributed by atoms with van der Waals surface area (Å²) in [7, 11) is 0. The number of Topliss-reactive ketones (excluding diaryl/α,β-unsaturated/α-hetero) is 1. The van der Waals surface area contributed by atoms with E-state index in [1.807, 2.05) is 0 Å². The first kappa shape index (κ1) is 20.5. The second kappa shape index (κ2) is 14.4. The molecule has 0 fully saturated rings. The number of aliphatic hydroxyl groups is 1. The Morgan fingerprint density at radius 2 is 1.23 bits per heavy atom. The van der Waals surface area contributed by atoms with Crippen molar-refractivity contribution in [2.45, 2.75) is 12.8 Å². The normalized spacial score (nSPS) is 10.4. The first-order chi connectivity index (χ1) is 10.6. The molecular weight excluding hydrogens is 300 g/mol. The molecule has 0 amide bonds. The molecule has 0 spiro atoms. The molecular formula is C13H22O9. The second-order valence-corrected chi connectivity index (χ2v) is 4.01. The zero-order valence-electron chi connectivity index (χ0n) is 12.3. The molecule has 0 aromatic heterocycles. The number of carbonyl (C=O) groups excluding carboxylic acids is 2. The number of aliphatic hydroxyl groups excluding tert-OH is 1. The van der Waals surface area contributed by atoms with E-state index >= 15 is 0 Å². The molecule has 0 aliphatic carbocycles. The molecule has 0 saturated carbocycles. The Morgan fingerprint density at radius 1 is 0.727 bits per heavy atom. The fraction of sp³-hybridized carbons (Fsp3) is 0.769. The number of hydrogen-bond acceptors (Lipinski definition) is 8. The van der Waals surface area contributed by atoms with Crippen molar-refractivity contribution >= 4 is 17.7 Å². The number of carboxylic acid groups (broad SMARTS) is 1. The molecule has 0 unspecified atom stereocenters. The maximum atomic E-state index is 11.2. The topological polar surface area (TPSA) is 129 Å². The number of carbonyl (C=O) groups is 3. The predicted octanol–water partition coefficient (Wildman–Crippen LogP) is -0.994. The monoisotopic (exact) mass is 322 g/mol. The first-order valence-electron chi connectivity index (χ1n) is 6.83. The standard InChI is InChI=1S/C13H22O9/c14-3-4-19-5-6-20-7-8-21-9-10-22-12(16)2-1-11(15)13(17)18/h14H,1-10H2,(H,17,18). The van der Waals surface area contributed by atoms with Crippen LogP contribution in [0.5, 0.6) is 0 Å². The van der Waals surface area contributed by atoms with Gasteiger partial charge in [-0.1, -0.05) is 0 Å². The van der Waals surface area contributed by atoms with Gasteiger partial charge < -0.3 is 29.2 Å². The van der Waals surface area contributed by atoms with Crippen LogP contribution in [0.2, 0.25) is 0 Å². The minimum absolute atomic E-state index is 0.0215. The molecule has 0 rings (SSSR count). The van der Waals surface area contributed by atoms with Crippen molar-refractivity contribution in [1.29, 1.82) is 0 Å². The third kappa shape index (κ3) is 13.4. The van der Waals surface area contributed by atoms with Crippen molar-refractivity contribution < 1.29 is 43.5 Å². The summed E-state index contributed by atoms with van der Waals surface area (Å²) in [6, 6.07) is 0. The number of aliphatic carboxylic acids is 1. The third-order valence-corrected chi connectivity index (χ3v) is 2.27. The number of hydrogen-bond donors (Lipinski definition) is 2. The van der Waals surface area contributed by atoms with Crippen LogP contribution >= 0.6 is 0 Å². The maximum absolute atomic E-state index is 11.2. The predicted molar refractivity (Wildman–Crippen MR) is 72.4 cm³/mol. The van der Waals surface area contributed by atoms with E-state index in [1.54, 1.807) is 0 Å². The molecule has 0 aliphatic heterocycles. The Bertz CT molecular complexity index is 329. The summed E-state index contributed by atoms with van der Waals surface area (Å²) in [6.45, 7) is 1.96. The molecule has 0 saturated heterocycles. The smallest absolute Gasteiger partial charge is 0.372 e. The Kier molecular flexibility index (Phi) is 13.4. The summed E-state index contributed by atoms with van der Waals surface area (Å²) in [4.78, 5) is 32.1. The lowest BCUT2D eigenvalue weighted by atomic mass is 10.2. The molecule has 0 bridgehead atoms. The van der Waals surface area contributed by atoms with Crippen molar-refractivity contribution in [3.05, 3.63) is 0 Å². The van der Waals surface area contributed by atoms with Crippen molar-refractivity contribution in [3.63, 3.8) is 0 Å². The lowest BCUT2D eigenvalue weighted by molar-refractivity contribution is -0.151. The van der Waals surface area contributed by atoms with Gasteiger partial charge in [0.1, 0.15) is 6.61 Å². The van der Waals surface area contributed by atoms with Gasteiger partial charge in [-0.3, -0.25) is 9.59 Å². The average molecular weight is 322 g/mol. The highest BCUT2D eigenvalue weighted by atomic mass is 16.6. The molecule has 0 aromatic rings. The van der Waals surface area contributed by atoms with Crippen LogP contribution in [0.3, 0.4) is 0 Å². The van der Waals surface area contributed by atoms with Gasteiger partial charge >= 0.3 is 11.9 Å². The summed E-state index contributed by atoms with van der Waals surface area (Å²) in [6.07, 6.45) is -0.636. The van der Waals surface area contributed by atoms with Gasteiger partial charge in [-0.15, -0.1) is 0 Å². The fourth-order valence-electron chi connectivity index (χ4n) is 1.22. The SMILES string of the molecule is O=C(CCC(=O)C(=O)O)OCCOCCOCCOCCO. The quantitative estimate of drug-likeness (QED) is 0.222. The molecule has 2 N–H and O–H groups in total. The van der Waals surface area contributed by atoms with E-state index in [0.29, 0.717) is 26.4 Å². The number of esters is 1. The number of carboxylic acids is 1. The van der Waals surface area contributed by atoms with Gasteiger partial charge in [-0.2, -0.15) is 0 Å². The lowest BCUT2D eigenvalue weighted by Gasteiger charge is -2.07. The van der Waals surface area contributed by atoms with Gasteiger partial charge in [0.15, 0.2) is 0 Å². The first-order valence-corrected chi connectivity index (χ1v) is 6.83. The van der Waals surface area contributed by atoms with Crippen molar-refractivity contribution in [2.24, 2.45) is 0 Å². The molecule has 128 valence electrons. The van der Waals surface area contributed by atoms with Crippen LogP contribution in [0.4, 0.5) is 0 Å². The Balaban J connectivity index is 3.27. The average Bonchev–Trinajstić information content (AvgIpc) is 2.50. The molecule has 0 heterocycles. The highest BCUT2D eigenvalue weighted by Gasteiger charge is 2.13. The Morgan fingerprint density at radius 3 is 1.73 bits per heavy atom.